The van der Waals surface area contributed by atoms with E-state index >= 15 is 0 Å². The first-order valence-corrected chi connectivity index (χ1v) is 4.79. The Morgan fingerprint density at radius 3 is 1.75 bits per heavy atom. The number of hydrogen-bond donors (Lipinski definition) is 2. The molecule has 0 aromatic rings. The topological polar surface area (TPSA) is 40.5 Å². The van der Waals surface area contributed by atoms with Crippen LogP contribution in [-0.4, -0.2) is 22.4 Å². The Bertz CT molecular complexity index is 110. The molecule has 2 nitrogen and oxygen atoms in total. The summed E-state index contributed by atoms with van der Waals surface area (Å²) >= 11 is 0. The summed E-state index contributed by atoms with van der Waals surface area (Å²) in [7, 11) is 0. The van der Waals surface area contributed by atoms with E-state index < -0.39 is 0 Å². The van der Waals surface area contributed by atoms with Gasteiger partial charge in [0.05, 0.1) is 12.2 Å². The molecule has 0 aliphatic rings. The highest BCUT2D eigenvalue weighted by molar-refractivity contribution is 4.67. The van der Waals surface area contributed by atoms with Crippen molar-refractivity contribution in [2.45, 2.75) is 52.7 Å². The summed E-state index contributed by atoms with van der Waals surface area (Å²) in [5.41, 5.74) is 0. The number of rotatable bonds is 5. The highest BCUT2D eigenvalue weighted by atomic mass is 16.3. The van der Waals surface area contributed by atoms with Crippen LogP contribution in [0.5, 0.6) is 0 Å². The molecule has 0 fully saturated rings. The molecule has 2 N–H and O–H groups in total. The average Bonchev–Trinajstić information content (AvgIpc) is 1.84. The van der Waals surface area contributed by atoms with E-state index in [1.165, 1.54) is 0 Å². The molecule has 0 amide bonds. The molecule has 0 rings (SSSR count). The Morgan fingerprint density at radius 2 is 1.42 bits per heavy atom. The minimum absolute atomic E-state index is 0.242. The largest absolute Gasteiger partial charge is 0.393 e. The highest BCUT2D eigenvalue weighted by Gasteiger charge is 2.15. The van der Waals surface area contributed by atoms with Gasteiger partial charge >= 0.3 is 0 Å². The fourth-order valence-electron chi connectivity index (χ4n) is 1.19. The molecule has 0 aromatic carbocycles. The molecule has 0 saturated heterocycles. The molecule has 74 valence electrons. The van der Waals surface area contributed by atoms with E-state index in [0.717, 1.165) is 6.42 Å². The van der Waals surface area contributed by atoms with E-state index in [4.69, 9.17) is 0 Å². The van der Waals surface area contributed by atoms with Crippen molar-refractivity contribution in [3.63, 3.8) is 0 Å². The first-order chi connectivity index (χ1) is 5.43. The second-order valence-corrected chi connectivity index (χ2v) is 4.33. The molecule has 2 heteroatoms. The molecule has 2 unspecified atom stereocenters. The third kappa shape index (κ3) is 5.56. The number of aliphatic hydroxyl groups excluding tert-OH is 2. The Hall–Kier alpha value is -0.0800. The van der Waals surface area contributed by atoms with Gasteiger partial charge in [0.15, 0.2) is 0 Å². The summed E-state index contributed by atoms with van der Waals surface area (Å²) in [6.45, 7) is 8.08. The minimum Gasteiger partial charge on any atom is -0.393 e. The minimum atomic E-state index is -0.362. The van der Waals surface area contributed by atoms with E-state index in [9.17, 15) is 10.2 Å². The fourth-order valence-corrected chi connectivity index (χ4v) is 1.19. The van der Waals surface area contributed by atoms with Crippen LogP contribution >= 0.6 is 0 Å². The van der Waals surface area contributed by atoms with E-state index in [0.29, 0.717) is 12.3 Å². The lowest BCUT2D eigenvalue weighted by Crippen LogP contribution is -2.23. The second-order valence-electron chi connectivity index (χ2n) is 4.33. The van der Waals surface area contributed by atoms with Crippen LogP contribution in [-0.2, 0) is 0 Å². The Labute approximate surface area is 75.6 Å². The lowest BCUT2D eigenvalue weighted by molar-refractivity contribution is 0.0446. The lowest BCUT2D eigenvalue weighted by atomic mass is 9.96. The molecule has 0 aliphatic heterocycles. The SMILES string of the molecule is CC(C)CC(O)CC(O)C(C)C. The second kappa shape index (κ2) is 5.55. The Morgan fingerprint density at radius 1 is 0.917 bits per heavy atom. The van der Waals surface area contributed by atoms with Gasteiger partial charge in [0, 0.05) is 0 Å². The molecule has 0 spiro atoms. The quantitative estimate of drug-likeness (QED) is 0.667. The van der Waals surface area contributed by atoms with Crippen molar-refractivity contribution < 1.29 is 10.2 Å². The van der Waals surface area contributed by atoms with Crippen molar-refractivity contribution in [2.75, 3.05) is 0 Å². The molecule has 0 aliphatic carbocycles. The van der Waals surface area contributed by atoms with Gasteiger partial charge < -0.3 is 10.2 Å². The first kappa shape index (κ1) is 11.9. The first-order valence-electron chi connectivity index (χ1n) is 4.79. The lowest BCUT2D eigenvalue weighted by Gasteiger charge is -2.19. The van der Waals surface area contributed by atoms with E-state index in [2.05, 4.69) is 13.8 Å². The smallest absolute Gasteiger partial charge is 0.0587 e. The van der Waals surface area contributed by atoms with Crippen LogP contribution in [0.1, 0.15) is 40.5 Å². The maximum Gasteiger partial charge on any atom is 0.0587 e. The fraction of sp³-hybridized carbons (Fsp3) is 1.00. The van der Waals surface area contributed by atoms with Crippen LogP contribution < -0.4 is 0 Å². The molecule has 0 saturated carbocycles. The summed E-state index contributed by atoms with van der Waals surface area (Å²) in [4.78, 5) is 0. The molecule has 0 bridgehead atoms. The van der Waals surface area contributed by atoms with Crippen molar-refractivity contribution in [2.24, 2.45) is 11.8 Å². The van der Waals surface area contributed by atoms with Crippen LogP contribution in [0.2, 0.25) is 0 Å². The monoisotopic (exact) mass is 174 g/mol. The van der Waals surface area contributed by atoms with Gasteiger partial charge in [-0.25, -0.2) is 0 Å². The average molecular weight is 174 g/mol. The van der Waals surface area contributed by atoms with Gasteiger partial charge in [-0.3, -0.25) is 0 Å². The van der Waals surface area contributed by atoms with E-state index in [1.54, 1.807) is 0 Å². The zero-order chi connectivity index (χ0) is 9.72. The van der Waals surface area contributed by atoms with Crippen LogP contribution in [0.25, 0.3) is 0 Å². The Kier molecular flexibility index (Phi) is 5.51. The van der Waals surface area contributed by atoms with Gasteiger partial charge in [-0.15, -0.1) is 0 Å². The van der Waals surface area contributed by atoms with Crippen LogP contribution in [0.15, 0.2) is 0 Å². The highest BCUT2D eigenvalue weighted by Crippen LogP contribution is 2.13. The normalized spacial score (nSPS) is 17.0. The van der Waals surface area contributed by atoms with Crippen LogP contribution in [0, 0.1) is 11.8 Å². The zero-order valence-corrected chi connectivity index (χ0v) is 8.62. The predicted octanol–water partition coefficient (Wildman–Crippen LogP) is 1.80. The standard InChI is InChI=1S/C10H22O2/c1-7(2)5-9(11)6-10(12)8(3)4/h7-12H,5-6H2,1-4H3. The van der Waals surface area contributed by atoms with Gasteiger partial charge in [0.25, 0.3) is 0 Å². The molecular weight excluding hydrogens is 152 g/mol. The van der Waals surface area contributed by atoms with E-state index in [1.807, 2.05) is 13.8 Å². The summed E-state index contributed by atoms with van der Waals surface area (Å²) in [5, 5.41) is 18.9. The summed E-state index contributed by atoms with van der Waals surface area (Å²) in [6.07, 6.45) is 0.584. The van der Waals surface area contributed by atoms with Crippen LogP contribution in [0.3, 0.4) is 0 Å². The molecular formula is C10H22O2. The zero-order valence-electron chi connectivity index (χ0n) is 8.62. The maximum atomic E-state index is 9.48. The van der Waals surface area contributed by atoms with Crippen LogP contribution in [0.4, 0.5) is 0 Å². The Balaban J connectivity index is 3.61. The van der Waals surface area contributed by atoms with Gasteiger partial charge in [0.2, 0.25) is 0 Å². The maximum absolute atomic E-state index is 9.48. The van der Waals surface area contributed by atoms with Gasteiger partial charge in [-0.2, -0.15) is 0 Å². The van der Waals surface area contributed by atoms with E-state index in [-0.39, 0.29) is 18.1 Å². The summed E-state index contributed by atoms with van der Waals surface area (Å²) < 4.78 is 0. The molecule has 0 heterocycles. The molecule has 12 heavy (non-hydrogen) atoms. The van der Waals surface area contributed by atoms with Gasteiger partial charge in [-0.05, 0) is 24.7 Å². The molecule has 0 radical (unpaired) electrons. The molecule has 0 aromatic heterocycles. The summed E-state index contributed by atoms with van der Waals surface area (Å²) in [6, 6.07) is 0. The van der Waals surface area contributed by atoms with Crippen molar-refractivity contribution in [3.8, 4) is 0 Å². The molecule has 2 atom stereocenters. The third-order valence-corrected chi connectivity index (χ3v) is 2.03. The van der Waals surface area contributed by atoms with Crippen molar-refractivity contribution in [1.82, 2.24) is 0 Å². The predicted molar refractivity (Wildman–Crippen MR) is 50.9 cm³/mol. The van der Waals surface area contributed by atoms with Gasteiger partial charge in [-0.1, -0.05) is 27.7 Å². The van der Waals surface area contributed by atoms with Gasteiger partial charge in [0.1, 0.15) is 0 Å². The van der Waals surface area contributed by atoms with Crippen molar-refractivity contribution in [1.29, 1.82) is 0 Å². The van der Waals surface area contributed by atoms with Crippen molar-refractivity contribution >= 4 is 0 Å². The third-order valence-electron chi connectivity index (χ3n) is 2.03. The van der Waals surface area contributed by atoms with Crippen molar-refractivity contribution in [3.05, 3.63) is 0 Å². The number of hydrogen-bond acceptors (Lipinski definition) is 2. The summed E-state index contributed by atoms with van der Waals surface area (Å²) in [5.74, 6) is 0.742. The number of aliphatic hydroxyl groups is 2.